The van der Waals surface area contributed by atoms with Gasteiger partial charge in [-0.1, -0.05) is 0 Å². The molecule has 0 saturated heterocycles. The molecule has 0 aliphatic rings. The quantitative estimate of drug-likeness (QED) is 0.849. The Labute approximate surface area is 95.1 Å². The van der Waals surface area contributed by atoms with Crippen LogP contribution in [0.2, 0.25) is 0 Å². The Morgan fingerprint density at radius 3 is 2.87 bits per heavy atom. The van der Waals surface area contributed by atoms with Crippen molar-refractivity contribution < 1.29 is 5.11 Å². The summed E-state index contributed by atoms with van der Waals surface area (Å²) in [6.45, 7) is 1.75. The van der Waals surface area contributed by atoms with Crippen LogP contribution >= 0.6 is 15.9 Å². The van der Waals surface area contributed by atoms with Crippen LogP contribution in [-0.2, 0) is 0 Å². The highest BCUT2D eigenvalue weighted by Gasteiger charge is 2.17. The van der Waals surface area contributed by atoms with E-state index in [2.05, 4.69) is 25.9 Å². The van der Waals surface area contributed by atoms with Gasteiger partial charge in [0.05, 0.1) is 18.1 Å². The summed E-state index contributed by atoms with van der Waals surface area (Å²) in [7, 11) is 0. The molecule has 6 heteroatoms. The van der Waals surface area contributed by atoms with Crippen molar-refractivity contribution >= 4 is 21.6 Å². The van der Waals surface area contributed by atoms with Gasteiger partial charge in [0.2, 0.25) is 0 Å². The molecule has 2 unspecified atom stereocenters. The second-order valence-corrected chi connectivity index (χ2v) is 4.24. The maximum Gasteiger partial charge on any atom is 0.155 e. The fourth-order valence-electron chi connectivity index (χ4n) is 1.37. The van der Waals surface area contributed by atoms with Crippen LogP contribution in [0.25, 0.3) is 5.65 Å². The van der Waals surface area contributed by atoms with Crippen molar-refractivity contribution in [2.45, 2.75) is 19.1 Å². The summed E-state index contributed by atoms with van der Waals surface area (Å²) < 4.78 is 2.46. The highest BCUT2D eigenvalue weighted by Crippen LogP contribution is 2.18. The topological polar surface area (TPSA) is 76.4 Å². The molecule has 2 rings (SSSR count). The molecule has 2 atom stereocenters. The molecule has 0 aromatic carbocycles. The minimum atomic E-state index is -0.728. The largest absolute Gasteiger partial charge is 0.385 e. The van der Waals surface area contributed by atoms with Crippen LogP contribution in [0.5, 0.6) is 0 Å². The fourth-order valence-corrected chi connectivity index (χ4v) is 1.68. The third-order valence-electron chi connectivity index (χ3n) is 2.19. The number of aliphatic hydroxyl groups is 1. The average molecular weight is 271 g/mol. The molecule has 80 valence electrons. The summed E-state index contributed by atoms with van der Waals surface area (Å²) in [5.41, 5.74) is 7.00. The Morgan fingerprint density at radius 1 is 1.47 bits per heavy atom. The molecule has 0 radical (unpaired) electrons. The number of hydrogen-bond acceptors (Lipinski definition) is 4. The third-order valence-corrected chi connectivity index (χ3v) is 2.60. The summed E-state index contributed by atoms with van der Waals surface area (Å²) >= 11 is 3.26. The van der Waals surface area contributed by atoms with Gasteiger partial charge in [-0.2, -0.15) is 0 Å². The Kier molecular flexibility index (Phi) is 2.72. The summed E-state index contributed by atoms with van der Waals surface area (Å²) in [6.07, 6.45) is 4.26. The monoisotopic (exact) mass is 270 g/mol. The van der Waals surface area contributed by atoms with E-state index in [0.717, 1.165) is 0 Å². The standard InChI is InChI=1S/C9H11BrN4O/c1-5(11)9(15)6-2-13-8-3-12-7(10)4-14(6)8/h2-5,9,15H,11H2,1H3. The lowest BCUT2D eigenvalue weighted by Crippen LogP contribution is -2.25. The molecule has 0 aliphatic heterocycles. The Hall–Kier alpha value is -0.980. The molecule has 3 N–H and O–H groups in total. The van der Waals surface area contributed by atoms with Gasteiger partial charge in [0, 0.05) is 12.2 Å². The van der Waals surface area contributed by atoms with Crippen LogP contribution < -0.4 is 5.73 Å². The Balaban J connectivity index is 2.56. The van der Waals surface area contributed by atoms with Crippen molar-refractivity contribution in [1.82, 2.24) is 14.4 Å². The van der Waals surface area contributed by atoms with Gasteiger partial charge in [-0.15, -0.1) is 0 Å². The van der Waals surface area contributed by atoms with Crippen LogP contribution in [0, 0.1) is 0 Å². The Bertz CT molecular complexity index is 482. The first kappa shape index (κ1) is 10.5. The SMILES string of the molecule is CC(N)C(O)c1cnc2cnc(Br)cn12. The normalized spacial score (nSPS) is 15.5. The molecular weight excluding hydrogens is 260 g/mol. The van der Waals surface area contributed by atoms with E-state index in [-0.39, 0.29) is 6.04 Å². The van der Waals surface area contributed by atoms with Crippen molar-refractivity contribution in [3.63, 3.8) is 0 Å². The minimum Gasteiger partial charge on any atom is -0.385 e. The van der Waals surface area contributed by atoms with Gasteiger partial charge in [0.1, 0.15) is 10.7 Å². The maximum atomic E-state index is 9.85. The number of aliphatic hydroxyl groups excluding tert-OH is 1. The van der Waals surface area contributed by atoms with E-state index in [1.54, 1.807) is 29.9 Å². The molecule has 0 saturated carbocycles. The average Bonchev–Trinajstić information content (AvgIpc) is 2.59. The third kappa shape index (κ3) is 1.88. The maximum absolute atomic E-state index is 9.85. The van der Waals surface area contributed by atoms with Crippen molar-refractivity contribution in [2.24, 2.45) is 5.73 Å². The molecule has 5 nitrogen and oxygen atoms in total. The van der Waals surface area contributed by atoms with E-state index in [0.29, 0.717) is 15.9 Å². The molecule has 2 aromatic rings. The number of nitrogens with zero attached hydrogens (tertiary/aromatic N) is 3. The number of aromatic nitrogens is 3. The number of rotatable bonds is 2. The van der Waals surface area contributed by atoms with Crippen molar-refractivity contribution in [3.8, 4) is 0 Å². The summed E-state index contributed by atoms with van der Waals surface area (Å²) in [6, 6.07) is -0.336. The molecule has 0 spiro atoms. The molecule has 0 amide bonds. The second kappa shape index (κ2) is 3.88. The molecule has 2 heterocycles. The predicted molar refractivity (Wildman–Crippen MR) is 59.3 cm³/mol. The zero-order valence-electron chi connectivity index (χ0n) is 8.13. The molecule has 2 aromatic heterocycles. The van der Waals surface area contributed by atoms with E-state index >= 15 is 0 Å². The summed E-state index contributed by atoms with van der Waals surface area (Å²) in [5, 5.41) is 9.85. The molecule has 0 bridgehead atoms. The van der Waals surface area contributed by atoms with Crippen LogP contribution in [0.15, 0.2) is 23.2 Å². The van der Waals surface area contributed by atoms with Gasteiger partial charge >= 0.3 is 0 Å². The van der Waals surface area contributed by atoms with Crippen LogP contribution in [0.3, 0.4) is 0 Å². The molecule has 15 heavy (non-hydrogen) atoms. The summed E-state index contributed by atoms with van der Waals surface area (Å²) in [4.78, 5) is 8.17. The zero-order chi connectivity index (χ0) is 11.0. The lowest BCUT2D eigenvalue weighted by Gasteiger charge is -2.13. The Morgan fingerprint density at radius 2 is 2.20 bits per heavy atom. The van der Waals surface area contributed by atoms with Gasteiger partial charge in [-0.3, -0.25) is 4.40 Å². The smallest absolute Gasteiger partial charge is 0.155 e. The highest BCUT2D eigenvalue weighted by molar-refractivity contribution is 9.10. The van der Waals surface area contributed by atoms with E-state index in [4.69, 9.17) is 5.73 Å². The van der Waals surface area contributed by atoms with Crippen molar-refractivity contribution in [2.75, 3.05) is 0 Å². The van der Waals surface area contributed by atoms with E-state index in [9.17, 15) is 5.11 Å². The minimum absolute atomic E-state index is 0.336. The molecule has 0 fully saturated rings. The second-order valence-electron chi connectivity index (χ2n) is 3.43. The van der Waals surface area contributed by atoms with Crippen LogP contribution in [0.1, 0.15) is 18.7 Å². The van der Waals surface area contributed by atoms with Crippen molar-refractivity contribution in [1.29, 1.82) is 0 Å². The van der Waals surface area contributed by atoms with Crippen molar-refractivity contribution in [3.05, 3.63) is 28.9 Å². The number of nitrogens with two attached hydrogens (primary N) is 1. The molecular formula is C9H11BrN4O. The number of hydrogen-bond donors (Lipinski definition) is 2. The number of fused-ring (bicyclic) bond motifs is 1. The van der Waals surface area contributed by atoms with Gasteiger partial charge in [0.15, 0.2) is 5.65 Å². The van der Waals surface area contributed by atoms with E-state index in [1.165, 1.54) is 0 Å². The van der Waals surface area contributed by atoms with Crippen LogP contribution in [-0.4, -0.2) is 25.5 Å². The summed E-state index contributed by atoms with van der Waals surface area (Å²) in [5.74, 6) is 0. The van der Waals surface area contributed by atoms with Gasteiger partial charge in [0.25, 0.3) is 0 Å². The first-order valence-corrected chi connectivity index (χ1v) is 5.31. The highest BCUT2D eigenvalue weighted by atomic mass is 79.9. The van der Waals surface area contributed by atoms with E-state index in [1.807, 2.05) is 0 Å². The van der Waals surface area contributed by atoms with Gasteiger partial charge < -0.3 is 10.8 Å². The lowest BCUT2D eigenvalue weighted by atomic mass is 10.1. The molecule has 0 aliphatic carbocycles. The predicted octanol–water partition coefficient (Wildman–Crippen LogP) is 0.872. The van der Waals surface area contributed by atoms with Gasteiger partial charge in [-0.25, -0.2) is 9.97 Å². The fraction of sp³-hybridized carbons (Fsp3) is 0.333. The first-order chi connectivity index (χ1) is 7.09. The lowest BCUT2D eigenvalue weighted by molar-refractivity contribution is 0.148. The number of halogens is 1. The van der Waals surface area contributed by atoms with Crippen LogP contribution in [0.4, 0.5) is 0 Å². The number of imidazole rings is 1. The van der Waals surface area contributed by atoms with E-state index < -0.39 is 6.10 Å². The zero-order valence-corrected chi connectivity index (χ0v) is 9.72. The first-order valence-electron chi connectivity index (χ1n) is 4.51. The van der Waals surface area contributed by atoms with Gasteiger partial charge in [-0.05, 0) is 22.9 Å².